The van der Waals surface area contributed by atoms with Gasteiger partial charge in [-0.25, -0.2) is 0 Å². The van der Waals surface area contributed by atoms with Gasteiger partial charge in [-0.3, -0.25) is 0 Å². The fraction of sp³-hybridized carbons (Fsp3) is 1.00. The van der Waals surface area contributed by atoms with E-state index in [1.54, 1.807) is 0 Å². The summed E-state index contributed by atoms with van der Waals surface area (Å²) < 4.78 is 6.12. The minimum absolute atomic E-state index is 0.105. The first-order valence-corrected chi connectivity index (χ1v) is 8.11. The third kappa shape index (κ3) is 4.44. The van der Waals surface area contributed by atoms with Gasteiger partial charge >= 0.3 is 0 Å². The highest BCUT2D eigenvalue weighted by Crippen LogP contribution is 2.31. The molecule has 1 unspecified atom stereocenters. The second-order valence-electron chi connectivity index (χ2n) is 7.04. The first-order chi connectivity index (χ1) is 9.00. The molecule has 0 aromatic carbocycles. The zero-order valence-electron chi connectivity index (χ0n) is 13.2. The van der Waals surface area contributed by atoms with Crippen LogP contribution in [0, 0.1) is 0 Å². The van der Waals surface area contributed by atoms with Crippen LogP contribution < -0.4 is 5.32 Å². The van der Waals surface area contributed by atoms with Crippen LogP contribution in [-0.2, 0) is 4.74 Å². The smallest absolute Gasteiger partial charge is 0.0710 e. The lowest BCUT2D eigenvalue weighted by Gasteiger charge is -2.36. The van der Waals surface area contributed by atoms with Gasteiger partial charge in [-0.15, -0.1) is 0 Å². The molecule has 1 heterocycles. The van der Waals surface area contributed by atoms with Crippen molar-refractivity contribution < 1.29 is 4.74 Å². The van der Waals surface area contributed by atoms with Gasteiger partial charge < -0.3 is 15.0 Å². The first-order valence-electron chi connectivity index (χ1n) is 8.11. The number of nitrogens with one attached hydrogen (secondary N) is 1. The Hall–Kier alpha value is -0.120. The highest BCUT2D eigenvalue weighted by Gasteiger charge is 2.33. The summed E-state index contributed by atoms with van der Waals surface area (Å²) >= 11 is 0. The predicted molar refractivity (Wildman–Crippen MR) is 80.5 cm³/mol. The average Bonchev–Trinajstić information content (AvgIpc) is 2.70. The van der Waals surface area contributed by atoms with Crippen LogP contribution in [0.4, 0.5) is 0 Å². The maximum atomic E-state index is 6.12. The van der Waals surface area contributed by atoms with Crippen molar-refractivity contribution in [2.75, 3.05) is 20.1 Å². The van der Waals surface area contributed by atoms with Crippen LogP contribution in [0.1, 0.15) is 59.3 Å². The van der Waals surface area contributed by atoms with Gasteiger partial charge in [-0.2, -0.15) is 0 Å². The molecule has 0 spiro atoms. The largest absolute Gasteiger partial charge is 0.371 e. The van der Waals surface area contributed by atoms with Gasteiger partial charge in [0.25, 0.3) is 0 Å². The zero-order valence-corrected chi connectivity index (χ0v) is 13.2. The molecule has 3 heteroatoms. The van der Waals surface area contributed by atoms with E-state index >= 15 is 0 Å². The molecule has 0 aromatic rings. The maximum absolute atomic E-state index is 6.12. The van der Waals surface area contributed by atoms with Crippen LogP contribution in [0.5, 0.6) is 0 Å². The zero-order chi connectivity index (χ0) is 13.9. The Balaban J connectivity index is 1.71. The van der Waals surface area contributed by atoms with Gasteiger partial charge in [0.15, 0.2) is 0 Å². The molecule has 2 fully saturated rings. The molecular weight excluding hydrogens is 236 g/mol. The van der Waals surface area contributed by atoms with Crippen molar-refractivity contribution in [3.8, 4) is 0 Å². The van der Waals surface area contributed by atoms with Gasteiger partial charge in [0.05, 0.1) is 11.7 Å². The molecule has 0 amide bonds. The van der Waals surface area contributed by atoms with Gasteiger partial charge in [-0.05, 0) is 66.0 Å². The molecule has 3 nitrogen and oxygen atoms in total. The lowest BCUT2D eigenvalue weighted by molar-refractivity contribution is -0.0321. The van der Waals surface area contributed by atoms with E-state index in [2.05, 4.69) is 38.0 Å². The van der Waals surface area contributed by atoms with Crippen LogP contribution in [0.3, 0.4) is 0 Å². The molecule has 0 bridgehead atoms. The summed E-state index contributed by atoms with van der Waals surface area (Å²) in [5, 5.41) is 3.58. The van der Waals surface area contributed by atoms with Crippen molar-refractivity contribution in [3.63, 3.8) is 0 Å². The number of rotatable bonds is 5. The third-order valence-electron chi connectivity index (χ3n) is 4.86. The topological polar surface area (TPSA) is 24.5 Å². The molecular formula is C16H32N2O. The Morgan fingerprint density at radius 3 is 2.37 bits per heavy atom. The van der Waals surface area contributed by atoms with Crippen molar-refractivity contribution >= 4 is 0 Å². The van der Waals surface area contributed by atoms with Gasteiger partial charge in [0.1, 0.15) is 0 Å². The van der Waals surface area contributed by atoms with E-state index in [-0.39, 0.29) is 5.60 Å². The predicted octanol–water partition coefficient (Wildman–Crippen LogP) is 2.80. The molecule has 1 aliphatic heterocycles. The molecule has 112 valence electrons. The Morgan fingerprint density at radius 2 is 1.84 bits per heavy atom. The summed E-state index contributed by atoms with van der Waals surface area (Å²) in [6.07, 6.45) is 8.23. The van der Waals surface area contributed by atoms with E-state index in [0.717, 1.165) is 25.2 Å². The van der Waals surface area contributed by atoms with Crippen LogP contribution in [0.2, 0.25) is 0 Å². The Kier molecular flexibility index (Phi) is 5.27. The van der Waals surface area contributed by atoms with Crippen molar-refractivity contribution in [1.82, 2.24) is 10.2 Å². The molecule has 1 atom stereocenters. The molecule has 2 rings (SSSR count). The summed E-state index contributed by atoms with van der Waals surface area (Å²) in [7, 11) is 2.28. The molecule has 0 aromatic heterocycles. The van der Waals surface area contributed by atoms with Gasteiger partial charge in [0, 0.05) is 18.6 Å². The second kappa shape index (κ2) is 6.55. The summed E-state index contributed by atoms with van der Waals surface area (Å²) in [6.45, 7) is 8.86. The monoisotopic (exact) mass is 268 g/mol. The van der Waals surface area contributed by atoms with Crippen molar-refractivity contribution in [3.05, 3.63) is 0 Å². The molecule has 2 aliphatic rings. The summed E-state index contributed by atoms with van der Waals surface area (Å²) in [4.78, 5) is 2.55. The SMILES string of the molecule is CCNC1CCC(N(C)CC2CCC(C)(C)O2)CC1. The average molecular weight is 268 g/mol. The lowest BCUT2D eigenvalue weighted by Crippen LogP contribution is -2.43. The van der Waals surface area contributed by atoms with E-state index < -0.39 is 0 Å². The van der Waals surface area contributed by atoms with Crippen molar-refractivity contribution in [2.45, 2.75) is 83.1 Å². The van der Waals surface area contributed by atoms with E-state index in [1.807, 2.05) is 0 Å². The highest BCUT2D eigenvalue weighted by molar-refractivity contribution is 4.86. The first kappa shape index (κ1) is 15.3. The lowest BCUT2D eigenvalue weighted by atomic mass is 9.90. The molecule has 1 aliphatic carbocycles. The summed E-state index contributed by atoms with van der Waals surface area (Å²) in [5.41, 5.74) is 0.105. The summed E-state index contributed by atoms with van der Waals surface area (Å²) in [6, 6.07) is 1.53. The minimum Gasteiger partial charge on any atom is -0.371 e. The molecule has 19 heavy (non-hydrogen) atoms. The number of hydrogen-bond acceptors (Lipinski definition) is 3. The van der Waals surface area contributed by atoms with Crippen LogP contribution in [-0.4, -0.2) is 48.8 Å². The Bertz CT molecular complexity index is 272. The van der Waals surface area contributed by atoms with E-state index in [9.17, 15) is 0 Å². The number of nitrogens with zero attached hydrogens (tertiary/aromatic N) is 1. The standard InChI is InChI=1S/C16H32N2O/c1-5-17-13-6-8-14(9-7-13)18(4)12-15-10-11-16(2,3)19-15/h13-15,17H,5-12H2,1-4H3. The Morgan fingerprint density at radius 1 is 1.16 bits per heavy atom. The third-order valence-corrected chi connectivity index (χ3v) is 4.86. The molecule has 1 saturated carbocycles. The minimum atomic E-state index is 0.105. The fourth-order valence-electron chi connectivity index (χ4n) is 3.69. The van der Waals surface area contributed by atoms with E-state index in [0.29, 0.717) is 6.10 Å². The van der Waals surface area contributed by atoms with Crippen molar-refractivity contribution in [2.24, 2.45) is 0 Å². The second-order valence-corrected chi connectivity index (χ2v) is 7.04. The number of hydrogen-bond donors (Lipinski definition) is 1. The van der Waals surface area contributed by atoms with Crippen LogP contribution >= 0.6 is 0 Å². The van der Waals surface area contributed by atoms with E-state index in [4.69, 9.17) is 4.74 Å². The number of ether oxygens (including phenoxy) is 1. The normalized spacial score (nSPS) is 34.9. The molecule has 1 N–H and O–H groups in total. The Labute approximate surface area is 119 Å². The fourth-order valence-corrected chi connectivity index (χ4v) is 3.69. The quantitative estimate of drug-likeness (QED) is 0.830. The van der Waals surface area contributed by atoms with Crippen LogP contribution in [0.15, 0.2) is 0 Å². The number of likely N-dealkylation sites (N-methyl/N-ethyl adjacent to an activating group) is 1. The highest BCUT2D eigenvalue weighted by atomic mass is 16.5. The van der Waals surface area contributed by atoms with Crippen LogP contribution in [0.25, 0.3) is 0 Å². The van der Waals surface area contributed by atoms with Gasteiger partial charge in [-0.1, -0.05) is 6.92 Å². The molecule has 0 radical (unpaired) electrons. The summed E-state index contributed by atoms with van der Waals surface area (Å²) in [5.74, 6) is 0. The van der Waals surface area contributed by atoms with Crippen molar-refractivity contribution in [1.29, 1.82) is 0 Å². The molecule has 1 saturated heterocycles. The van der Waals surface area contributed by atoms with Gasteiger partial charge in [0.2, 0.25) is 0 Å². The maximum Gasteiger partial charge on any atom is 0.0710 e. The van der Waals surface area contributed by atoms with E-state index in [1.165, 1.54) is 38.5 Å².